The van der Waals surface area contributed by atoms with Gasteiger partial charge in [0, 0.05) is 5.02 Å². The maximum absolute atomic E-state index is 11.0. The number of hydrogen-bond donors (Lipinski definition) is 2. The van der Waals surface area contributed by atoms with Crippen LogP contribution in [0.15, 0.2) is 18.2 Å². The van der Waals surface area contributed by atoms with Gasteiger partial charge in [0.05, 0.1) is 7.11 Å². The fourth-order valence-electron chi connectivity index (χ4n) is 3.80. The van der Waals surface area contributed by atoms with E-state index in [4.69, 9.17) is 27.2 Å². The molecule has 3 aliphatic rings. The number of nitrogens with two attached hydrogens (primary N) is 1. The van der Waals surface area contributed by atoms with Crippen LogP contribution >= 0.6 is 11.6 Å². The van der Waals surface area contributed by atoms with Crippen LogP contribution in [0.3, 0.4) is 0 Å². The standard InChI is InChI=1S/C14H16ClNO3/c1-19-8-2-3-9(10(15)4-8)13-5-14(6-13,7-13)11(16)12(17)18/h2-4,11H,5-7,16H2,1H3,(H,17,18). The summed E-state index contributed by atoms with van der Waals surface area (Å²) in [5.74, 6) is -0.175. The quantitative estimate of drug-likeness (QED) is 0.887. The highest BCUT2D eigenvalue weighted by atomic mass is 35.5. The Balaban J connectivity index is 1.80. The second kappa shape index (κ2) is 3.87. The first-order valence-electron chi connectivity index (χ1n) is 6.25. The van der Waals surface area contributed by atoms with Crippen molar-refractivity contribution >= 4 is 17.6 Å². The van der Waals surface area contributed by atoms with Gasteiger partial charge in [-0.3, -0.25) is 4.79 Å². The SMILES string of the molecule is COc1ccc(C23CC(C(N)C(=O)O)(C2)C3)c(Cl)c1. The number of methoxy groups -OCH3 is 1. The maximum Gasteiger partial charge on any atom is 0.321 e. The molecule has 1 aromatic rings. The Labute approximate surface area is 116 Å². The number of rotatable bonds is 4. The van der Waals surface area contributed by atoms with Gasteiger partial charge >= 0.3 is 5.97 Å². The van der Waals surface area contributed by atoms with E-state index >= 15 is 0 Å². The van der Waals surface area contributed by atoms with Crippen LogP contribution in [-0.2, 0) is 10.2 Å². The highest BCUT2D eigenvalue weighted by Crippen LogP contribution is 2.75. The fourth-order valence-corrected chi connectivity index (χ4v) is 4.17. The zero-order chi connectivity index (χ0) is 13.8. The first-order valence-corrected chi connectivity index (χ1v) is 6.63. The van der Waals surface area contributed by atoms with Crippen LogP contribution in [0, 0.1) is 5.41 Å². The van der Waals surface area contributed by atoms with Crippen LogP contribution in [-0.4, -0.2) is 24.2 Å². The molecule has 0 heterocycles. The van der Waals surface area contributed by atoms with E-state index in [-0.39, 0.29) is 10.8 Å². The molecule has 0 spiro atoms. The number of hydrogen-bond acceptors (Lipinski definition) is 3. The average Bonchev–Trinajstić information content (AvgIpc) is 2.27. The minimum absolute atomic E-state index is 0.0381. The number of carboxylic acids is 1. The normalized spacial score (nSPS) is 33.0. The third-order valence-corrected chi connectivity index (χ3v) is 5.06. The van der Waals surface area contributed by atoms with Crippen molar-refractivity contribution in [2.24, 2.45) is 11.1 Å². The van der Waals surface area contributed by atoms with Gasteiger partial charge in [-0.1, -0.05) is 17.7 Å². The molecule has 19 heavy (non-hydrogen) atoms. The average molecular weight is 282 g/mol. The van der Waals surface area contributed by atoms with Crippen molar-refractivity contribution in [2.75, 3.05) is 7.11 Å². The van der Waals surface area contributed by atoms with Crippen LogP contribution in [0.4, 0.5) is 0 Å². The summed E-state index contributed by atoms with van der Waals surface area (Å²) >= 11 is 6.29. The molecule has 0 saturated heterocycles. The molecule has 3 saturated carbocycles. The minimum atomic E-state index is -0.908. The summed E-state index contributed by atoms with van der Waals surface area (Å²) in [6.45, 7) is 0. The second-order valence-corrected chi connectivity index (χ2v) is 6.24. The third-order valence-electron chi connectivity index (χ3n) is 4.74. The summed E-state index contributed by atoms with van der Waals surface area (Å²) in [6, 6.07) is 4.93. The monoisotopic (exact) mass is 281 g/mol. The van der Waals surface area contributed by atoms with Gasteiger partial charge in [-0.15, -0.1) is 0 Å². The molecule has 2 bridgehead atoms. The molecule has 1 atom stereocenters. The van der Waals surface area contributed by atoms with Crippen LogP contribution in [0.1, 0.15) is 24.8 Å². The first kappa shape index (κ1) is 12.8. The minimum Gasteiger partial charge on any atom is -0.497 e. The lowest BCUT2D eigenvalue weighted by Gasteiger charge is -2.72. The topological polar surface area (TPSA) is 72.5 Å². The number of carbonyl (C=O) groups is 1. The predicted molar refractivity (Wildman–Crippen MR) is 71.6 cm³/mol. The molecule has 5 heteroatoms. The molecule has 4 nitrogen and oxygen atoms in total. The first-order chi connectivity index (χ1) is 8.92. The van der Waals surface area contributed by atoms with Gasteiger partial charge in [-0.2, -0.15) is 0 Å². The van der Waals surface area contributed by atoms with E-state index in [2.05, 4.69) is 0 Å². The maximum atomic E-state index is 11.0. The number of ether oxygens (including phenoxy) is 1. The van der Waals surface area contributed by atoms with E-state index in [9.17, 15) is 4.79 Å². The van der Waals surface area contributed by atoms with E-state index in [1.807, 2.05) is 12.1 Å². The molecular formula is C14H16ClNO3. The molecule has 3 fully saturated rings. The Bertz CT molecular complexity index is 538. The van der Waals surface area contributed by atoms with Gasteiger partial charge in [0.1, 0.15) is 11.8 Å². The van der Waals surface area contributed by atoms with Gasteiger partial charge in [0.2, 0.25) is 0 Å². The van der Waals surface area contributed by atoms with Crippen LogP contribution < -0.4 is 10.5 Å². The predicted octanol–water partition coefficient (Wildman–Crippen LogP) is 2.18. The van der Waals surface area contributed by atoms with Crippen molar-refractivity contribution in [3.05, 3.63) is 28.8 Å². The fraction of sp³-hybridized carbons (Fsp3) is 0.500. The van der Waals surface area contributed by atoms with E-state index in [1.54, 1.807) is 13.2 Å². The molecular weight excluding hydrogens is 266 g/mol. The summed E-state index contributed by atoms with van der Waals surface area (Å²) in [4.78, 5) is 11.0. The van der Waals surface area contributed by atoms with Gasteiger partial charge in [0.15, 0.2) is 0 Å². The van der Waals surface area contributed by atoms with Crippen molar-refractivity contribution in [1.29, 1.82) is 0 Å². The van der Waals surface area contributed by atoms with Crippen LogP contribution in [0.5, 0.6) is 5.75 Å². The molecule has 0 aliphatic heterocycles. The van der Waals surface area contributed by atoms with Crippen molar-refractivity contribution in [2.45, 2.75) is 30.7 Å². The molecule has 102 valence electrons. The molecule has 3 N–H and O–H groups in total. The van der Waals surface area contributed by atoms with E-state index in [0.29, 0.717) is 5.02 Å². The molecule has 1 aromatic carbocycles. The lowest BCUT2D eigenvalue weighted by Crippen LogP contribution is -2.72. The summed E-state index contributed by atoms with van der Waals surface area (Å²) in [5.41, 5.74) is 6.68. The van der Waals surface area contributed by atoms with Crippen LogP contribution in [0.25, 0.3) is 0 Å². The molecule has 0 amide bonds. The lowest BCUT2D eigenvalue weighted by atomic mass is 9.31. The number of aliphatic carboxylic acids is 1. The van der Waals surface area contributed by atoms with Crippen molar-refractivity contribution in [1.82, 2.24) is 0 Å². The Morgan fingerprint density at radius 3 is 2.58 bits per heavy atom. The van der Waals surface area contributed by atoms with Crippen molar-refractivity contribution < 1.29 is 14.6 Å². The highest BCUT2D eigenvalue weighted by molar-refractivity contribution is 6.31. The zero-order valence-corrected chi connectivity index (χ0v) is 11.4. The Kier molecular flexibility index (Phi) is 2.60. The van der Waals surface area contributed by atoms with Gasteiger partial charge in [-0.05, 0) is 47.8 Å². The Hall–Kier alpha value is -1.26. The Morgan fingerprint density at radius 2 is 2.11 bits per heavy atom. The molecule has 4 rings (SSSR count). The smallest absolute Gasteiger partial charge is 0.321 e. The molecule has 3 aliphatic carbocycles. The molecule has 0 radical (unpaired) electrons. The van der Waals surface area contributed by atoms with Crippen molar-refractivity contribution in [3.63, 3.8) is 0 Å². The number of benzene rings is 1. The zero-order valence-electron chi connectivity index (χ0n) is 10.6. The van der Waals surface area contributed by atoms with Crippen LogP contribution in [0.2, 0.25) is 5.02 Å². The molecule has 1 unspecified atom stereocenters. The summed E-state index contributed by atoms with van der Waals surface area (Å²) < 4.78 is 5.13. The third kappa shape index (κ3) is 1.60. The van der Waals surface area contributed by atoms with Crippen molar-refractivity contribution in [3.8, 4) is 5.75 Å². The number of carboxylic acid groups (broad SMARTS) is 1. The number of halogens is 1. The molecule has 0 aromatic heterocycles. The lowest BCUT2D eigenvalue weighted by molar-refractivity contribution is -0.178. The van der Waals surface area contributed by atoms with Gasteiger partial charge in [0.25, 0.3) is 0 Å². The largest absolute Gasteiger partial charge is 0.497 e. The van der Waals surface area contributed by atoms with Gasteiger partial charge < -0.3 is 15.6 Å². The summed E-state index contributed by atoms with van der Waals surface area (Å²) in [6.07, 6.45) is 2.46. The Morgan fingerprint density at radius 1 is 1.47 bits per heavy atom. The van der Waals surface area contributed by atoms with E-state index < -0.39 is 12.0 Å². The summed E-state index contributed by atoms with van der Waals surface area (Å²) in [5, 5.41) is 9.71. The highest BCUT2D eigenvalue weighted by Gasteiger charge is 2.71. The second-order valence-electron chi connectivity index (χ2n) is 5.83. The van der Waals surface area contributed by atoms with Gasteiger partial charge in [-0.25, -0.2) is 0 Å². The summed E-state index contributed by atoms with van der Waals surface area (Å²) in [7, 11) is 1.60. The van der Waals surface area contributed by atoms with E-state index in [0.717, 1.165) is 30.6 Å². The van der Waals surface area contributed by atoms with E-state index in [1.165, 1.54) is 0 Å².